The number of aryl methyl sites for hydroxylation is 1. The minimum atomic E-state index is -1.30. The number of nitrogens with zero attached hydrogens (tertiary/aromatic N) is 2. The fourth-order valence-corrected chi connectivity index (χ4v) is 3.74. The van der Waals surface area contributed by atoms with Gasteiger partial charge in [-0.25, -0.2) is 9.78 Å². The molecule has 1 heterocycles. The zero-order valence-corrected chi connectivity index (χ0v) is 19.7. The standard InChI is InChI=1S/C26H26N4O6/c1-3-12-30(15-18-6-9-21-20(13-18)25(34)28-16(2)27-21)14-17-4-7-19(8-5-17)24(33)29-22(26(35)36)10-11-23(31)32/h1,4-9,13,22H,10-12,14-15H2,2H3,(H,29,33)(H,31,32)(H,35,36)(H,27,28,34). The Morgan fingerprint density at radius 2 is 1.78 bits per heavy atom. The molecular weight excluding hydrogens is 464 g/mol. The Morgan fingerprint density at radius 1 is 1.11 bits per heavy atom. The maximum atomic E-state index is 12.4. The Kier molecular flexibility index (Phi) is 8.54. The van der Waals surface area contributed by atoms with Crippen molar-refractivity contribution < 1.29 is 24.6 Å². The molecule has 4 N–H and O–H groups in total. The van der Waals surface area contributed by atoms with Gasteiger partial charge in [-0.05, 0) is 48.7 Å². The number of aromatic nitrogens is 2. The van der Waals surface area contributed by atoms with E-state index in [1.165, 1.54) is 0 Å². The molecule has 10 nitrogen and oxygen atoms in total. The molecule has 2 aromatic carbocycles. The second-order valence-corrected chi connectivity index (χ2v) is 8.35. The van der Waals surface area contributed by atoms with Gasteiger partial charge in [0.15, 0.2) is 0 Å². The molecule has 0 saturated carbocycles. The number of terminal acetylenes is 1. The molecular formula is C26H26N4O6. The predicted molar refractivity (Wildman–Crippen MR) is 132 cm³/mol. The first kappa shape index (κ1) is 26.1. The second kappa shape index (κ2) is 11.8. The van der Waals surface area contributed by atoms with Gasteiger partial charge in [0.2, 0.25) is 0 Å². The Bertz CT molecular complexity index is 1370. The van der Waals surface area contributed by atoms with E-state index in [2.05, 4.69) is 21.2 Å². The van der Waals surface area contributed by atoms with Crippen LogP contribution >= 0.6 is 0 Å². The number of nitrogens with one attached hydrogen (secondary N) is 2. The first-order chi connectivity index (χ1) is 17.2. The largest absolute Gasteiger partial charge is 0.481 e. The predicted octanol–water partition coefficient (Wildman–Crippen LogP) is 1.91. The van der Waals surface area contributed by atoms with E-state index in [1.54, 1.807) is 43.3 Å². The van der Waals surface area contributed by atoms with Crippen LogP contribution in [0, 0.1) is 19.3 Å². The monoisotopic (exact) mass is 490 g/mol. The minimum absolute atomic E-state index is 0.204. The molecule has 0 aliphatic rings. The zero-order chi connectivity index (χ0) is 26.2. The number of carbonyl (C=O) groups excluding carboxylic acids is 1. The van der Waals surface area contributed by atoms with Crippen LogP contribution in [0.4, 0.5) is 0 Å². The summed E-state index contributed by atoms with van der Waals surface area (Å²) < 4.78 is 0. The number of hydrogen-bond acceptors (Lipinski definition) is 6. The lowest BCUT2D eigenvalue weighted by atomic mass is 10.1. The van der Waals surface area contributed by atoms with Gasteiger partial charge in [-0.2, -0.15) is 0 Å². The highest BCUT2D eigenvalue weighted by molar-refractivity contribution is 5.96. The van der Waals surface area contributed by atoms with Crippen molar-refractivity contribution in [2.45, 2.75) is 38.9 Å². The van der Waals surface area contributed by atoms with Gasteiger partial charge in [-0.1, -0.05) is 24.1 Å². The normalized spacial score (nSPS) is 11.7. The van der Waals surface area contributed by atoms with Gasteiger partial charge in [-0.3, -0.25) is 19.3 Å². The Hall–Kier alpha value is -4.49. The SMILES string of the molecule is C#CCN(Cc1ccc(C(=O)NC(CCC(=O)O)C(=O)O)cc1)Cc1ccc2nc(C)[nH]c(=O)c2c1. The number of H-pyrrole nitrogens is 1. The maximum absolute atomic E-state index is 12.4. The van der Waals surface area contributed by atoms with Crippen LogP contribution in [0.3, 0.4) is 0 Å². The molecule has 0 fully saturated rings. The summed E-state index contributed by atoms with van der Waals surface area (Å²) in [7, 11) is 0. The highest BCUT2D eigenvalue weighted by atomic mass is 16.4. The Labute approximate surface area is 207 Å². The van der Waals surface area contributed by atoms with Gasteiger partial charge >= 0.3 is 11.9 Å². The van der Waals surface area contributed by atoms with E-state index in [0.29, 0.717) is 36.4 Å². The number of hydrogen-bond donors (Lipinski definition) is 4. The van der Waals surface area contributed by atoms with Crippen LogP contribution < -0.4 is 10.9 Å². The molecule has 3 rings (SSSR count). The molecule has 0 aliphatic carbocycles. The van der Waals surface area contributed by atoms with Gasteiger partial charge in [0.05, 0.1) is 17.4 Å². The van der Waals surface area contributed by atoms with E-state index in [9.17, 15) is 24.3 Å². The highest BCUT2D eigenvalue weighted by Gasteiger charge is 2.21. The number of rotatable bonds is 11. The molecule has 1 aromatic heterocycles. The zero-order valence-electron chi connectivity index (χ0n) is 19.7. The minimum Gasteiger partial charge on any atom is -0.481 e. The highest BCUT2D eigenvalue weighted by Crippen LogP contribution is 2.15. The third-order valence-corrected chi connectivity index (χ3v) is 5.48. The number of carbonyl (C=O) groups is 3. The van der Waals surface area contributed by atoms with Gasteiger partial charge in [-0.15, -0.1) is 6.42 Å². The van der Waals surface area contributed by atoms with Crippen LogP contribution in [0.5, 0.6) is 0 Å². The summed E-state index contributed by atoms with van der Waals surface area (Å²) in [5, 5.41) is 20.8. The number of fused-ring (bicyclic) bond motifs is 1. The average Bonchev–Trinajstić information content (AvgIpc) is 2.82. The Balaban J connectivity index is 1.68. The van der Waals surface area contributed by atoms with Crippen molar-refractivity contribution in [1.82, 2.24) is 20.2 Å². The summed E-state index contributed by atoms with van der Waals surface area (Å²) in [4.78, 5) is 55.8. The molecule has 0 saturated heterocycles. The van der Waals surface area contributed by atoms with Crippen LogP contribution in [0.25, 0.3) is 10.9 Å². The van der Waals surface area contributed by atoms with Crippen molar-refractivity contribution in [1.29, 1.82) is 0 Å². The Morgan fingerprint density at radius 3 is 2.42 bits per heavy atom. The van der Waals surface area contributed by atoms with Crippen molar-refractivity contribution in [2.24, 2.45) is 0 Å². The maximum Gasteiger partial charge on any atom is 0.326 e. The van der Waals surface area contributed by atoms with Crippen molar-refractivity contribution in [3.63, 3.8) is 0 Å². The fourth-order valence-electron chi connectivity index (χ4n) is 3.74. The second-order valence-electron chi connectivity index (χ2n) is 8.35. The molecule has 1 unspecified atom stereocenters. The summed E-state index contributed by atoms with van der Waals surface area (Å²) in [6.45, 7) is 3.04. The average molecular weight is 491 g/mol. The number of benzene rings is 2. The molecule has 1 amide bonds. The summed E-state index contributed by atoms with van der Waals surface area (Å²) >= 11 is 0. The third kappa shape index (κ3) is 7.01. The van der Waals surface area contributed by atoms with E-state index in [-0.39, 0.29) is 24.0 Å². The summed E-state index contributed by atoms with van der Waals surface area (Å²) in [6, 6.07) is 10.8. The molecule has 3 aromatic rings. The molecule has 0 bridgehead atoms. The number of carboxylic acid groups (broad SMARTS) is 2. The van der Waals surface area contributed by atoms with Crippen molar-refractivity contribution in [2.75, 3.05) is 6.54 Å². The summed E-state index contributed by atoms with van der Waals surface area (Å²) in [5.74, 6) is 0.132. The van der Waals surface area contributed by atoms with Crippen LogP contribution in [0.1, 0.15) is 40.2 Å². The fraction of sp³-hybridized carbons (Fsp3) is 0.269. The van der Waals surface area contributed by atoms with Gasteiger partial charge < -0.3 is 20.5 Å². The van der Waals surface area contributed by atoms with Gasteiger partial charge in [0.1, 0.15) is 11.9 Å². The van der Waals surface area contributed by atoms with Crippen LogP contribution in [0.2, 0.25) is 0 Å². The molecule has 36 heavy (non-hydrogen) atoms. The lowest BCUT2D eigenvalue weighted by molar-refractivity contribution is -0.140. The van der Waals surface area contributed by atoms with Gasteiger partial charge in [0.25, 0.3) is 11.5 Å². The summed E-state index contributed by atoms with van der Waals surface area (Å²) in [5.41, 5.74) is 2.43. The van der Waals surface area contributed by atoms with E-state index in [4.69, 9.17) is 11.5 Å². The number of aliphatic carboxylic acids is 2. The van der Waals surface area contributed by atoms with E-state index in [0.717, 1.165) is 11.1 Å². The number of aromatic amines is 1. The number of amides is 1. The molecule has 0 spiro atoms. The van der Waals surface area contributed by atoms with Crippen molar-refractivity contribution >= 4 is 28.7 Å². The van der Waals surface area contributed by atoms with Crippen molar-refractivity contribution in [3.05, 3.63) is 75.3 Å². The van der Waals surface area contributed by atoms with E-state index < -0.39 is 23.9 Å². The van der Waals surface area contributed by atoms with Crippen LogP contribution in [-0.2, 0) is 22.7 Å². The van der Waals surface area contributed by atoms with Crippen LogP contribution in [0.15, 0.2) is 47.3 Å². The smallest absolute Gasteiger partial charge is 0.326 e. The molecule has 0 radical (unpaired) electrons. The third-order valence-electron chi connectivity index (χ3n) is 5.48. The van der Waals surface area contributed by atoms with Gasteiger partial charge in [0, 0.05) is 25.1 Å². The first-order valence-electron chi connectivity index (χ1n) is 11.2. The lowest BCUT2D eigenvalue weighted by Crippen LogP contribution is -2.41. The van der Waals surface area contributed by atoms with Crippen LogP contribution in [-0.4, -0.2) is 55.5 Å². The quantitative estimate of drug-likeness (QED) is 0.298. The van der Waals surface area contributed by atoms with Crippen molar-refractivity contribution in [3.8, 4) is 12.3 Å². The number of carboxylic acids is 2. The summed E-state index contributed by atoms with van der Waals surface area (Å²) in [6.07, 6.45) is 4.96. The topological polar surface area (TPSA) is 153 Å². The van der Waals surface area contributed by atoms with E-state index >= 15 is 0 Å². The molecule has 1 atom stereocenters. The van der Waals surface area contributed by atoms with E-state index in [1.807, 2.05) is 11.0 Å². The molecule has 10 heteroatoms. The molecule has 186 valence electrons. The first-order valence-corrected chi connectivity index (χ1v) is 11.2. The molecule has 0 aliphatic heterocycles. The lowest BCUT2D eigenvalue weighted by Gasteiger charge is -2.20.